The minimum absolute atomic E-state index is 0. The SMILES string of the molecule is C.C.COC[CH-][O][BiH2].[Re].[Rf]. The summed E-state index contributed by atoms with van der Waals surface area (Å²) < 4.78 is 9.33. The van der Waals surface area contributed by atoms with Crippen LogP contribution in [0.2, 0.25) is 0 Å². The molecule has 0 spiro atoms. The quantitative estimate of drug-likeness (QED) is 0.239. The van der Waals surface area contributed by atoms with E-state index in [1.807, 2.05) is 0 Å². The first-order valence-electron chi connectivity index (χ1n) is 1.58. The molecule has 0 saturated heterocycles. The minimum atomic E-state index is 0. The second-order valence-corrected chi connectivity index (χ2v) is 1.82. The van der Waals surface area contributed by atoms with Crippen LogP contribution in [0.5, 0.6) is 0 Å². The van der Waals surface area contributed by atoms with Gasteiger partial charge in [-0.2, -0.15) is 0 Å². The molecule has 0 rings (SSSR count). The molecular formula is C5H16BiO2ReRf-. The van der Waals surface area contributed by atoms with Crippen molar-refractivity contribution in [2.75, 3.05) is 13.7 Å². The summed E-state index contributed by atoms with van der Waals surface area (Å²) in [5.41, 5.74) is 0. The van der Waals surface area contributed by atoms with Gasteiger partial charge >= 0.3 is 53.0 Å². The molecule has 1 radical (unpaired) electrons. The molecular weight excluding hydrogens is 754 g/mol. The second kappa shape index (κ2) is 34.0. The molecule has 0 bridgehead atoms. The largest absolute Gasteiger partial charge is 0 e. The fourth-order valence-corrected chi connectivity index (χ4v) is 0.413. The van der Waals surface area contributed by atoms with Crippen LogP contribution in [0.25, 0.3) is 0 Å². The Morgan fingerprint density at radius 3 is 1.90 bits per heavy atom. The van der Waals surface area contributed by atoms with Gasteiger partial charge in [-0.1, -0.05) is 14.9 Å². The van der Waals surface area contributed by atoms with Crippen LogP contribution in [0.1, 0.15) is 14.9 Å². The summed E-state index contributed by atoms with van der Waals surface area (Å²) in [6.07, 6.45) is 0. The third-order valence-electron chi connectivity index (χ3n) is 0.331. The van der Waals surface area contributed by atoms with Crippen molar-refractivity contribution in [2.24, 2.45) is 0 Å². The normalized spacial score (nSPS) is 5.40. The number of ether oxygens (including phenoxy) is 1. The van der Waals surface area contributed by atoms with E-state index >= 15 is 0 Å². The Morgan fingerprint density at radius 1 is 1.40 bits per heavy atom. The van der Waals surface area contributed by atoms with Gasteiger partial charge < -0.3 is 0 Å². The Hall–Kier alpha value is 0.465. The van der Waals surface area contributed by atoms with Crippen LogP contribution < -0.4 is 0 Å². The zero-order valence-electron chi connectivity index (χ0n) is 4.76. The van der Waals surface area contributed by atoms with E-state index < -0.39 is 0 Å². The number of hydrogen-bond donors (Lipinski definition) is 0. The van der Waals surface area contributed by atoms with Crippen LogP contribution in [0.3, 0.4) is 0 Å². The molecule has 0 aromatic rings. The molecule has 0 saturated carbocycles. The molecule has 0 heterocycles. The monoisotopic (exact) mass is 771 g/mol. The number of methoxy groups -OCH3 is 1. The van der Waals surface area contributed by atoms with E-state index in [0.717, 1.165) is 0 Å². The summed E-state index contributed by atoms with van der Waals surface area (Å²) >= 11 is 0.602. The van der Waals surface area contributed by atoms with Gasteiger partial charge in [0.2, 0.25) is 0 Å². The molecule has 0 aliphatic rings. The van der Waals surface area contributed by atoms with E-state index in [-0.39, 0.29) is 35.3 Å². The fourth-order valence-electron chi connectivity index (χ4n) is 0.107. The molecule has 0 unspecified atom stereocenters. The molecule has 0 aromatic carbocycles. The van der Waals surface area contributed by atoms with E-state index in [4.69, 9.17) is 2.81 Å². The van der Waals surface area contributed by atoms with Crippen molar-refractivity contribution in [3.8, 4) is 0 Å². The second-order valence-electron chi connectivity index (χ2n) is 0.758. The fraction of sp³-hybridized carbons (Fsp3) is 0.800. The van der Waals surface area contributed by atoms with Crippen molar-refractivity contribution in [1.29, 1.82) is 0 Å². The van der Waals surface area contributed by atoms with Crippen molar-refractivity contribution in [2.45, 2.75) is 14.9 Å². The minimum Gasteiger partial charge on any atom is 0 e. The third kappa shape index (κ3) is 39.3. The van der Waals surface area contributed by atoms with Crippen LogP contribution in [0.4, 0.5) is 0 Å². The summed E-state index contributed by atoms with van der Waals surface area (Å²) in [4.78, 5) is 0. The van der Waals surface area contributed by atoms with Gasteiger partial charge in [0, 0.05) is 20.4 Å². The summed E-state index contributed by atoms with van der Waals surface area (Å²) in [5.74, 6) is 0. The van der Waals surface area contributed by atoms with Crippen LogP contribution in [0.15, 0.2) is 0 Å². The Bertz CT molecular complexity index is 31.6. The van der Waals surface area contributed by atoms with E-state index in [0.29, 0.717) is 31.8 Å². The van der Waals surface area contributed by atoms with Gasteiger partial charge in [0.25, 0.3) is 0 Å². The predicted octanol–water partition coefficient (Wildman–Crippen LogP) is 0.629. The van der Waals surface area contributed by atoms with E-state index in [9.17, 15) is 0 Å². The maximum Gasteiger partial charge on any atom is 0 e. The number of hydrogen-bond acceptors (Lipinski definition) is 2. The van der Waals surface area contributed by atoms with Crippen molar-refractivity contribution >= 4 is 25.2 Å². The van der Waals surface area contributed by atoms with Gasteiger partial charge in [0.05, 0.1) is 0 Å². The van der Waals surface area contributed by atoms with Crippen LogP contribution >= 0.6 is 0 Å². The first kappa shape index (κ1) is 31.4. The molecule has 0 atom stereocenters. The maximum atomic E-state index is 4.70. The topological polar surface area (TPSA) is 18.5 Å². The molecule has 0 aliphatic heterocycles. The summed E-state index contributed by atoms with van der Waals surface area (Å²) in [5, 5.41) is 0. The van der Waals surface area contributed by atoms with Gasteiger partial charge in [0.15, 0.2) is 0 Å². The summed E-state index contributed by atoms with van der Waals surface area (Å²) in [6, 6.07) is 0. The maximum absolute atomic E-state index is 4.70. The van der Waals surface area contributed by atoms with Crippen molar-refractivity contribution in [3.05, 3.63) is 6.61 Å². The van der Waals surface area contributed by atoms with Crippen molar-refractivity contribution < 1.29 is 28.0 Å². The molecule has 0 fully saturated rings. The Kier molecular flexibility index (Phi) is 107. The van der Waals surface area contributed by atoms with Crippen LogP contribution in [-0.2, 0) is 28.0 Å². The third-order valence-corrected chi connectivity index (χ3v) is 1.08. The molecule has 0 aromatic heterocycles. The first-order chi connectivity index (χ1) is 2.91. The molecule has 5 heteroatoms. The Labute approximate surface area is 87.8 Å². The summed E-state index contributed by atoms with van der Waals surface area (Å²) in [6.45, 7) is 2.27. The summed E-state index contributed by atoms with van der Waals surface area (Å²) in [7, 11) is 1.64. The molecule has 2 nitrogen and oxygen atoms in total. The first-order valence-corrected chi connectivity index (χ1v) is 3.41. The van der Waals surface area contributed by atoms with Gasteiger partial charge in [-0.05, 0) is 0 Å². The van der Waals surface area contributed by atoms with Gasteiger partial charge in [-0.25, -0.2) is 0 Å². The molecule has 0 amide bonds. The molecule has 10 heavy (non-hydrogen) atoms. The van der Waals surface area contributed by atoms with Crippen molar-refractivity contribution in [1.82, 2.24) is 0 Å². The average Bonchev–Trinajstić information content (AvgIpc) is 1.61. The Morgan fingerprint density at radius 2 is 1.80 bits per heavy atom. The molecule has 0 N–H and O–H groups in total. The van der Waals surface area contributed by atoms with Gasteiger partial charge in [0.1, 0.15) is 0 Å². The number of rotatable bonds is 3. The van der Waals surface area contributed by atoms with Crippen LogP contribution in [0, 0.1) is 6.61 Å². The smallest absolute Gasteiger partial charge is 0 e. The van der Waals surface area contributed by atoms with Crippen LogP contribution in [-0.4, -0.2) is 38.9 Å². The average molecular weight is 770 g/mol. The molecule has 63 valence electrons. The standard InChI is InChI=1S/C3H6O2.2CH4.Bi.Re.Rf.2H/c1-5-3-2-4;;;;;;;/h2H,3H2,1H3;2*1H4;;;;;/q-2;;;+1;;;;. The zero-order valence-corrected chi connectivity index (χ0v) is 18.4. The van der Waals surface area contributed by atoms with E-state index in [1.165, 1.54) is 0 Å². The van der Waals surface area contributed by atoms with E-state index in [1.54, 1.807) is 13.7 Å². The molecule has 0 aliphatic carbocycles. The van der Waals surface area contributed by atoms with Gasteiger partial charge in [-0.15, -0.1) is 0 Å². The predicted molar refractivity (Wildman–Crippen MR) is 39.3 cm³/mol. The van der Waals surface area contributed by atoms with E-state index in [2.05, 4.69) is 4.74 Å². The van der Waals surface area contributed by atoms with Crippen molar-refractivity contribution in [3.63, 3.8) is 0 Å². The van der Waals surface area contributed by atoms with Gasteiger partial charge in [-0.3, -0.25) is 0 Å². The Balaban J connectivity index is -0.0000000208. The zero-order chi connectivity index (χ0) is 4.83.